The molecular weight excluding hydrogens is 327 g/mol. The molecule has 0 aliphatic rings. The van der Waals surface area contributed by atoms with Gasteiger partial charge >= 0.3 is 0 Å². The normalized spacial score (nSPS) is 13.5. The van der Waals surface area contributed by atoms with Gasteiger partial charge in [-0.15, -0.1) is 24.2 Å². The van der Waals surface area contributed by atoms with Gasteiger partial charge in [0.25, 0.3) is 5.91 Å². The van der Waals surface area contributed by atoms with Crippen LogP contribution < -0.4 is 11.1 Å². The molecule has 1 aromatic rings. The van der Waals surface area contributed by atoms with Crippen LogP contribution in [0.2, 0.25) is 5.02 Å². The highest BCUT2D eigenvalue weighted by atomic mass is 35.5. The highest BCUT2D eigenvalue weighted by Crippen LogP contribution is 2.24. The molecule has 0 spiro atoms. The number of thioether (sulfide) groups is 1. The molecule has 0 aromatic heterocycles. The van der Waals surface area contributed by atoms with Crippen LogP contribution in [0.4, 0.5) is 0 Å². The van der Waals surface area contributed by atoms with E-state index in [2.05, 4.69) is 19.2 Å². The molecule has 1 rings (SSSR count). The highest BCUT2D eigenvalue weighted by Gasteiger charge is 2.27. The van der Waals surface area contributed by atoms with Crippen molar-refractivity contribution < 1.29 is 4.79 Å². The molecule has 0 saturated carbocycles. The lowest BCUT2D eigenvalue weighted by Crippen LogP contribution is -2.52. The van der Waals surface area contributed by atoms with Crippen LogP contribution in [-0.2, 0) is 0 Å². The monoisotopic (exact) mass is 350 g/mol. The predicted molar refractivity (Wildman–Crippen MR) is 94.9 cm³/mol. The van der Waals surface area contributed by atoms with Gasteiger partial charge in [0.1, 0.15) is 0 Å². The van der Waals surface area contributed by atoms with E-state index >= 15 is 0 Å². The largest absolute Gasteiger partial charge is 0.346 e. The van der Waals surface area contributed by atoms with Crippen molar-refractivity contribution in [1.82, 2.24) is 5.32 Å². The summed E-state index contributed by atoms with van der Waals surface area (Å²) in [5, 5.41) is 3.49. The van der Waals surface area contributed by atoms with Crippen LogP contribution in [0.1, 0.15) is 37.6 Å². The van der Waals surface area contributed by atoms with Gasteiger partial charge in [0.15, 0.2) is 0 Å². The third-order valence-corrected chi connectivity index (χ3v) is 4.20. The molecule has 0 radical (unpaired) electrons. The lowest BCUT2D eigenvalue weighted by atomic mass is 9.90. The van der Waals surface area contributed by atoms with E-state index in [-0.39, 0.29) is 18.3 Å². The van der Waals surface area contributed by atoms with Crippen molar-refractivity contribution in [3.05, 3.63) is 28.8 Å². The molecule has 0 aliphatic carbocycles. The third kappa shape index (κ3) is 6.07. The minimum Gasteiger partial charge on any atom is -0.346 e. The number of halogens is 2. The maximum Gasteiger partial charge on any atom is 0.253 e. The third-order valence-electron chi connectivity index (χ3n) is 3.14. The van der Waals surface area contributed by atoms with Gasteiger partial charge in [-0.1, -0.05) is 25.4 Å². The molecule has 3 nitrogen and oxygen atoms in total. The molecule has 6 heteroatoms. The Morgan fingerprint density at radius 2 is 2.10 bits per heavy atom. The first-order valence-corrected chi connectivity index (χ1v) is 8.27. The van der Waals surface area contributed by atoms with Crippen LogP contribution in [-0.4, -0.2) is 24.2 Å². The summed E-state index contributed by atoms with van der Waals surface area (Å²) in [6.07, 6.45) is 2.79. The fraction of sp³-hybridized carbons (Fsp3) is 0.533. The van der Waals surface area contributed by atoms with Gasteiger partial charge in [0.2, 0.25) is 0 Å². The molecule has 0 heterocycles. The summed E-state index contributed by atoms with van der Waals surface area (Å²) in [6, 6.07) is 5.47. The number of hydrogen-bond donors (Lipinski definition) is 2. The molecule has 0 aliphatic heterocycles. The molecule has 0 saturated heterocycles. The Kier molecular flexibility index (Phi) is 8.71. The molecule has 1 atom stereocenters. The van der Waals surface area contributed by atoms with E-state index in [1.807, 2.05) is 25.3 Å². The van der Waals surface area contributed by atoms with Crippen molar-refractivity contribution in [1.29, 1.82) is 0 Å². The van der Waals surface area contributed by atoms with Crippen molar-refractivity contribution in [2.24, 2.45) is 11.7 Å². The fourth-order valence-corrected chi connectivity index (χ4v) is 2.88. The second-order valence-electron chi connectivity index (χ2n) is 5.66. The first kappa shape index (κ1) is 20.6. The number of nitrogens with two attached hydrogens (primary N) is 1. The molecule has 1 unspecified atom stereocenters. The van der Waals surface area contributed by atoms with Crippen molar-refractivity contribution in [3.8, 4) is 0 Å². The molecule has 1 aromatic carbocycles. The second kappa shape index (κ2) is 8.89. The van der Waals surface area contributed by atoms with Crippen LogP contribution >= 0.6 is 35.8 Å². The summed E-state index contributed by atoms with van der Waals surface area (Å²) in [4.78, 5) is 13.4. The van der Waals surface area contributed by atoms with E-state index in [9.17, 15) is 4.79 Å². The summed E-state index contributed by atoms with van der Waals surface area (Å²) < 4.78 is 0. The summed E-state index contributed by atoms with van der Waals surface area (Å²) in [7, 11) is 0. The van der Waals surface area contributed by atoms with Crippen LogP contribution in [0, 0.1) is 5.92 Å². The van der Waals surface area contributed by atoms with Gasteiger partial charge in [-0.05, 0) is 43.7 Å². The lowest BCUT2D eigenvalue weighted by Gasteiger charge is -2.31. The quantitative estimate of drug-likeness (QED) is 0.763. The number of rotatable bonds is 6. The first-order chi connectivity index (χ1) is 9.31. The van der Waals surface area contributed by atoms with Crippen molar-refractivity contribution in [2.75, 3.05) is 12.8 Å². The maximum absolute atomic E-state index is 12.4. The molecule has 0 fully saturated rings. The molecule has 120 valence electrons. The van der Waals surface area contributed by atoms with Crippen molar-refractivity contribution in [3.63, 3.8) is 0 Å². The predicted octanol–water partition coefficient (Wildman–Crippen LogP) is 3.98. The summed E-state index contributed by atoms with van der Waals surface area (Å²) in [5.41, 5.74) is 5.91. The average Bonchev–Trinajstić information content (AvgIpc) is 2.38. The number of nitrogens with one attached hydrogen (secondary N) is 1. The van der Waals surface area contributed by atoms with E-state index in [0.717, 1.165) is 11.3 Å². The summed E-state index contributed by atoms with van der Waals surface area (Å²) in [6.45, 7) is 6.59. The van der Waals surface area contributed by atoms with E-state index in [1.54, 1.807) is 17.8 Å². The first-order valence-electron chi connectivity index (χ1n) is 6.67. The Hall–Kier alpha value is -0.420. The minimum absolute atomic E-state index is 0. The summed E-state index contributed by atoms with van der Waals surface area (Å²) >= 11 is 7.70. The van der Waals surface area contributed by atoms with E-state index in [4.69, 9.17) is 17.3 Å². The van der Waals surface area contributed by atoms with Crippen LogP contribution in [0.25, 0.3) is 0 Å². The Morgan fingerprint density at radius 3 is 2.57 bits per heavy atom. The van der Waals surface area contributed by atoms with Gasteiger partial charge in [-0.2, -0.15) is 0 Å². The molecule has 21 heavy (non-hydrogen) atoms. The second-order valence-corrected chi connectivity index (χ2v) is 6.95. The van der Waals surface area contributed by atoms with Gasteiger partial charge < -0.3 is 11.1 Å². The number of benzene rings is 1. The minimum atomic E-state index is -0.413. The lowest BCUT2D eigenvalue weighted by molar-refractivity contribution is 0.0898. The number of amides is 1. The Morgan fingerprint density at radius 1 is 1.48 bits per heavy atom. The average molecular weight is 351 g/mol. The van der Waals surface area contributed by atoms with Crippen LogP contribution in [0.5, 0.6) is 0 Å². The number of hydrogen-bond acceptors (Lipinski definition) is 3. The zero-order valence-electron chi connectivity index (χ0n) is 12.9. The molecule has 3 N–H and O–H groups in total. The fourth-order valence-electron chi connectivity index (χ4n) is 2.23. The summed E-state index contributed by atoms with van der Waals surface area (Å²) in [5.74, 6) is 0.288. The molecule has 1 amide bonds. The SMILES string of the molecule is CSc1ccc(Cl)c(C(=O)NC(C)(CN)CC(C)C)c1.Cl. The number of carbonyl (C=O) groups excluding carboxylic acids is 1. The van der Waals surface area contributed by atoms with Gasteiger partial charge in [0, 0.05) is 17.0 Å². The number of carbonyl (C=O) groups is 1. The Bertz CT molecular complexity index is 483. The van der Waals surface area contributed by atoms with E-state index in [0.29, 0.717) is 23.0 Å². The highest BCUT2D eigenvalue weighted by molar-refractivity contribution is 7.98. The van der Waals surface area contributed by atoms with E-state index in [1.165, 1.54) is 0 Å². The van der Waals surface area contributed by atoms with Crippen LogP contribution in [0.15, 0.2) is 23.1 Å². The zero-order valence-corrected chi connectivity index (χ0v) is 15.3. The smallest absolute Gasteiger partial charge is 0.253 e. The molecular formula is C15H24Cl2N2OS. The Balaban J connectivity index is 0.00000400. The zero-order chi connectivity index (χ0) is 15.3. The van der Waals surface area contributed by atoms with Crippen LogP contribution in [0.3, 0.4) is 0 Å². The van der Waals surface area contributed by atoms with Gasteiger partial charge in [0.05, 0.1) is 10.6 Å². The molecule has 0 bridgehead atoms. The van der Waals surface area contributed by atoms with Crippen molar-refractivity contribution >= 4 is 41.7 Å². The maximum atomic E-state index is 12.4. The standard InChI is InChI=1S/C15H23ClN2OS.ClH/c1-10(2)8-15(3,9-17)18-14(19)12-7-11(20-4)5-6-13(12)16;/h5-7,10H,8-9,17H2,1-4H3,(H,18,19);1H. The van der Waals surface area contributed by atoms with Crippen molar-refractivity contribution in [2.45, 2.75) is 37.6 Å². The van der Waals surface area contributed by atoms with Gasteiger partial charge in [-0.25, -0.2) is 0 Å². The van der Waals surface area contributed by atoms with Gasteiger partial charge in [-0.3, -0.25) is 4.79 Å². The Labute approximate surface area is 142 Å². The topological polar surface area (TPSA) is 55.1 Å². The van der Waals surface area contributed by atoms with E-state index < -0.39 is 5.54 Å².